The van der Waals surface area contributed by atoms with Gasteiger partial charge in [-0.25, -0.2) is 0 Å². The maximum Gasteiger partial charge on any atom is 0.0636 e. The Bertz CT molecular complexity index is 13900. The molecule has 0 saturated heterocycles. The molecule has 33 rings (SSSR count). The van der Waals surface area contributed by atoms with Crippen molar-refractivity contribution in [1.29, 1.82) is 0 Å². The topological polar surface area (TPSA) is 0 Å². The minimum atomic E-state index is -1.19. The highest BCUT2D eigenvalue weighted by Crippen LogP contribution is 2.52. The summed E-state index contributed by atoms with van der Waals surface area (Å²) in [6, 6.07) is 68.5. The molecule has 0 aromatic heterocycles. The highest BCUT2D eigenvalue weighted by atomic mass is 14.3. The standard InChI is InChI=1S/3C50H30/c1-2-7-31(8-3-1)46-30-39(23-26-43(46)42-25-20-37-18-16-33-10-5-12-35-22-28-45(42)50(37)48(33)35)38-13-6-14-40(29-38)41-24-19-36-17-15-32-9-4-11-34-21-27-44(41)49(36)47(32)34;2*1-2-6-31(7-3-1)40-28-41(30-42(29-40)44-25-21-39-19-17-35-9-5-11-37-23-27-46(44)50(39)48(35)37)32-12-14-33(15-13-32)43-24-20-38-18-16-34-8-4-10-36-22-26-45(43)49(38)47(34)36/h3*1-30H/i1D,2D,3D,4D,5D,6D,7D,8D,9D,10D,11D,12D,13D,14D,15D,16D,17D,18D,19D,20D,21D,22D,23D,24D,25D,26D,27D,28D,29D,30D;12D,13D,14D,15D,28D,29D,30D;1D,2D,3D,6D,7D. The minimum absolute atomic E-state index is 0.00416. The third-order valence-corrected chi connectivity index (χ3v) is 29.5. The summed E-state index contributed by atoms with van der Waals surface area (Å²) in [5.41, 5.74) is 1.98. The van der Waals surface area contributed by atoms with E-state index in [2.05, 4.69) is 194 Å². The lowest BCUT2D eigenvalue weighted by Crippen LogP contribution is -1.91. The molecule has 33 aromatic carbocycles. The summed E-state index contributed by atoms with van der Waals surface area (Å²) in [7, 11) is 0. The Morgan fingerprint density at radius 1 is 0.100 bits per heavy atom. The van der Waals surface area contributed by atoms with Crippen LogP contribution in [0.1, 0.15) is 57.6 Å². The van der Waals surface area contributed by atoms with Gasteiger partial charge in [0.25, 0.3) is 0 Å². The molecule has 0 atom stereocenters. The van der Waals surface area contributed by atoms with E-state index in [9.17, 15) is 31.5 Å². The number of hydrogen-bond donors (Lipinski definition) is 0. The van der Waals surface area contributed by atoms with Gasteiger partial charge in [0.2, 0.25) is 0 Å². The van der Waals surface area contributed by atoms with Crippen LogP contribution < -0.4 is 0 Å². The van der Waals surface area contributed by atoms with Gasteiger partial charge in [0, 0.05) is 0 Å². The van der Waals surface area contributed by atoms with Crippen LogP contribution in [0.3, 0.4) is 0 Å². The van der Waals surface area contributed by atoms with Crippen molar-refractivity contribution >= 4 is 194 Å². The van der Waals surface area contributed by atoms with E-state index in [1.807, 2.05) is 97.1 Å². The van der Waals surface area contributed by atoms with Crippen LogP contribution in [-0.2, 0) is 0 Å². The van der Waals surface area contributed by atoms with Gasteiger partial charge in [-0.05, 0) is 376 Å². The van der Waals surface area contributed by atoms with E-state index in [1.165, 1.54) is 59.4 Å². The zero-order chi connectivity index (χ0) is 135. The molecule has 0 fully saturated rings. The zero-order valence-electron chi connectivity index (χ0n) is 121. The molecule has 0 aliphatic rings. The Labute approximate surface area is 925 Å². The van der Waals surface area contributed by atoms with Crippen molar-refractivity contribution in [2.24, 2.45) is 0 Å². The van der Waals surface area contributed by atoms with Gasteiger partial charge in [-0.15, -0.1) is 0 Å². The fraction of sp³-hybridized carbons (Fsp3) is 0. The van der Waals surface area contributed by atoms with E-state index in [1.54, 1.807) is 0 Å². The lowest BCUT2D eigenvalue weighted by Gasteiger charge is -2.18. The summed E-state index contributed by atoms with van der Waals surface area (Å²) in [5, 5.41) is 21.3. The van der Waals surface area contributed by atoms with Crippen LogP contribution in [0.25, 0.3) is 327 Å². The molecular formula is C150H90. The Kier molecular flexibility index (Phi) is 12.1. The highest BCUT2D eigenvalue weighted by Gasteiger charge is 2.25. The molecule has 150 heavy (non-hydrogen) atoms. The monoisotopic (exact) mass is 1930 g/mol. The number of benzene rings is 33. The van der Waals surface area contributed by atoms with Crippen molar-refractivity contribution in [1.82, 2.24) is 0 Å². The molecule has 0 bridgehead atoms. The van der Waals surface area contributed by atoms with Gasteiger partial charge in [0.1, 0.15) is 0 Å². The second kappa shape index (κ2) is 34.1. The van der Waals surface area contributed by atoms with E-state index in [4.69, 9.17) is 26.0 Å². The molecule has 0 radical (unpaired) electrons. The summed E-state index contributed by atoms with van der Waals surface area (Å²) in [5.74, 6) is 0. The smallest absolute Gasteiger partial charge is 0.0622 e. The average Bonchev–Trinajstić information content (AvgIpc) is 0.678. The van der Waals surface area contributed by atoms with Gasteiger partial charge in [-0.3, -0.25) is 0 Å². The third-order valence-electron chi connectivity index (χ3n) is 29.5. The molecule has 33 aromatic rings. The van der Waals surface area contributed by atoms with Gasteiger partial charge in [0.15, 0.2) is 0 Å². The predicted molar refractivity (Wildman–Crippen MR) is 647 cm³/mol. The fourth-order valence-electron chi connectivity index (χ4n) is 22.6. The Morgan fingerprint density at radius 2 is 0.380 bits per heavy atom. The molecule has 0 heterocycles. The second-order valence-corrected chi connectivity index (χ2v) is 37.6. The molecule has 0 heteroatoms. The van der Waals surface area contributed by atoms with Crippen LogP contribution in [0, 0.1) is 0 Å². The van der Waals surface area contributed by atoms with Crippen LogP contribution in [0.2, 0.25) is 0 Å². The first kappa shape index (κ1) is 53.4. The molecule has 0 aliphatic heterocycles. The molecule has 0 saturated carbocycles. The van der Waals surface area contributed by atoms with Crippen molar-refractivity contribution in [3.63, 3.8) is 0 Å². The highest BCUT2D eigenvalue weighted by molar-refractivity contribution is 6.32. The van der Waals surface area contributed by atoms with Gasteiger partial charge in [-0.2, -0.15) is 0 Å². The first-order chi connectivity index (χ1) is 91.9. The molecule has 0 amide bonds. The summed E-state index contributed by atoms with van der Waals surface area (Å²) in [6.07, 6.45) is 0. The van der Waals surface area contributed by atoms with Gasteiger partial charge >= 0.3 is 0 Å². The molecule has 0 unspecified atom stereocenters. The second-order valence-electron chi connectivity index (χ2n) is 37.6. The molecule has 690 valence electrons. The van der Waals surface area contributed by atoms with Gasteiger partial charge in [0.05, 0.1) is 57.6 Å². The summed E-state index contributed by atoms with van der Waals surface area (Å²) in [6.45, 7) is 0. The quantitative estimate of drug-likeness (QED) is 0.107. The normalized spacial score (nSPS) is 15.9. The van der Waals surface area contributed by atoms with Crippen molar-refractivity contribution in [3.8, 4) is 134 Å². The van der Waals surface area contributed by atoms with Gasteiger partial charge < -0.3 is 0 Å². The van der Waals surface area contributed by atoms with E-state index in [0.717, 1.165) is 103 Å². The summed E-state index contributed by atoms with van der Waals surface area (Å²) >= 11 is 0. The van der Waals surface area contributed by atoms with E-state index in [-0.39, 0.29) is 116 Å². The average molecular weight is 1930 g/mol. The Morgan fingerprint density at radius 3 is 0.860 bits per heavy atom. The maximum atomic E-state index is 10.1. The first-order valence-electron chi connectivity index (χ1n) is 69.9. The first-order valence-corrected chi connectivity index (χ1v) is 48.9. The predicted octanol–water partition coefficient (Wildman–Crippen LogP) is 42.4. The molecule has 0 nitrogen and oxygen atoms in total. The van der Waals surface area contributed by atoms with E-state index in [0.29, 0.717) is 22.3 Å². The molecule has 0 aliphatic carbocycles. The third kappa shape index (κ3) is 13.8. The summed E-state index contributed by atoms with van der Waals surface area (Å²) in [4.78, 5) is 0. The van der Waals surface area contributed by atoms with Crippen LogP contribution in [0.15, 0.2) is 545 Å². The summed E-state index contributed by atoms with van der Waals surface area (Å²) < 4.78 is 384. The van der Waals surface area contributed by atoms with E-state index < -0.39 is 280 Å². The number of hydrogen-bond acceptors (Lipinski definition) is 0. The largest absolute Gasteiger partial charge is 0.0636 e. The van der Waals surface area contributed by atoms with E-state index >= 15 is 0 Å². The lowest BCUT2D eigenvalue weighted by molar-refractivity contribution is 1.57. The van der Waals surface area contributed by atoms with Crippen LogP contribution in [0.5, 0.6) is 0 Å². The van der Waals surface area contributed by atoms with Crippen LogP contribution in [0.4, 0.5) is 0 Å². The van der Waals surface area contributed by atoms with Crippen molar-refractivity contribution in [2.75, 3.05) is 0 Å². The zero-order valence-corrected chi connectivity index (χ0v) is 78.7. The van der Waals surface area contributed by atoms with Crippen molar-refractivity contribution in [3.05, 3.63) is 545 Å². The molecular weight excluding hydrogens is 1800 g/mol. The van der Waals surface area contributed by atoms with Crippen molar-refractivity contribution in [2.45, 2.75) is 0 Å². The number of rotatable bonds is 12. The minimum Gasteiger partial charge on any atom is -0.0622 e. The molecule has 0 spiro atoms. The van der Waals surface area contributed by atoms with Crippen LogP contribution >= 0.6 is 0 Å². The SMILES string of the molecule is [2H]c1c([2H])c(-c2ccc3ccc4cccc5ccc2c3c45)c([2H])c([2H])c1-c1c([2H])c(-c2ccccc2)c([2H])c(-c2ccc3ccc4cccc5ccc2c3c45)c1[2H].[2H]c1c([2H])c([2H])c(-c2c([2H])c(-c3c([2H])c([2H])c([2H])c(-c4c([2H])c([2H])c5c([2H])c([2H])c6c([2H])c([2H])c([2H])c7c([2H])c([2H])c4c5c67)c3[2H])c([2H])c([2H])c2-c2c([2H])c([2H])c3c([2H])c([2H])c4c([2H])c([2H])c([2H])c5c([2H])c([2H])c2c3c45)c([2H])c1[2H].[2H]c1c([2H])c([2H])c(-c2cc(-c3ccc(-c4ccc5ccc6cccc7ccc4c5c67)cc3)cc(-c3ccc4ccc5cccc6ccc3c4c56)c2)c([2H])c1[2H]. The fourth-order valence-corrected chi connectivity index (χ4v) is 22.6. The molecule has 0 N–H and O–H groups in total. The maximum absolute atomic E-state index is 10.1. The van der Waals surface area contributed by atoms with Crippen molar-refractivity contribution < 1.29 is 57.6 Å². The Balaban J connectivity index is 0.000000123. The van der Waals surface area contributed by atoms with Crippen LogP contribution in [-0.4, -0.2) is 0 Å². The van der Waals surface area contributed by atoms with Gasteiger partial charge in [-0.1, -0.05) is 497 Å². The lowest BCUT2D eigenvalue weighted by atomic mass is 9.86. The Hall–Kier alpha value is -19.5.